The Balaban J connectivity index is 1.68. The molecule has 0 saturated heterocycles. The van der Waals surface area contributed by atoms with Crippen LogP contribution in [0, 0.1) is 0 Å². The predicted molar refractivity (Wildman–Crippen MR) is 114 cm³/mol. The van der Waals surface area contributed by atoms with E-state index >= 15 is 0 Å². The molecule has 2 aromatic carbocycles. The van der Waals surface area contributed by atoms with Gasteiger partial charge in [0.1, 0.15) is 11.6 Å². The van der Waals surface area contributed by atoms with E-state index < -0.39 is 0 Å². The predicted octanol–water partition coefficient (Wildman–Crippen LogP) is 5.32. The van der Waals surface area contributed by atoms with Crippen LogP contribution in [-0.2, 0) is 16.0 Å². The molecule has 8 heteroatoms. The van der Waals surface area contributed by atoms with Crippen molar-refractivity contribution in [3.05, 3.63) is 63.6 Å². The van der Waals surface area contributed by atoms with Crippen LogP contribution in [0.5, 0.6) is 5.75 Å². The minimum Gasteiger partial charge on any atom is -0.487 e. The van der Waals surface area contributed by atoms with E-state index in [0.717, 1.165) is 10.6 Å². The topological polar surface area (TPSA) is 60.5 Å². The summed E-state index contributed by atoms with van der Waals surface area (Å²) in [4.78, 5) is 17.0. The lowest BCUT2D eigenvalue weighted by molar-refractivity contribution is -0.115. The number of carbonyl (C=O) groups excluding carboxylic acids is 1. The Labute approximate surface area is 177 Å². The summed E-state index contributed by atoms with van der Waals surface area (Å²) in [6, 6.07) is 12.7. The van der Waals surface area contributed by atoms with Crippen LogP contribution >= 0.6 is 34.5 Å². The van der Waals surface area contributed by atoms with Gasteiger partial charge in [0.2, 0.25) is 5.91 Å². The second-order valence-electron chi connectivity index (χ2n) is 5.81. The molecule has 28 heavy (non-hydrogen) atoms. The largest absolute Gasteiger partial charge is 0.487 e. The Bertz CT molecular complexity index is 962. The summed E-state index contributed by atoms with van der Waals surface area (Å²) in [5, 5.41) is 6.52. The van der Waals surface area contributed by atoms with Gasteiger partial charge in [0.25, 0.3) is 0 Å². The monoisotopic (exact) mass is 436 g/mol. The summed E-state index contributed by atoms with van der Waals surface area (Å²) >= 11 is 13.9. The number of amides is 1. The molecule has 0 saturated carbocycles. The standard InChI is InChI=1S/C20H18Cl2N2O3S/c1-26-9-10-27-19-16(22)7-4-8-17(19)24-18(25)11-13-12-28-20(23-13)14-5-2-3-6-15(14)21/h2-8,12H,9-11H2,1H3,(H,24,25). The molecule has 5 nitrogen and oxygen atoms in total. The number of methoxy groups -OCH3 is 1. The van der Waals surface area contributed by atoms with Crippen LogP contribution in [0.2, 0.25) is 10.0 Å². The number of ether oxygens (including phenoxy) is 2. The Morgan fingerprint density at radius 1 is 1.11 bits per heavy atom. The number of anilines is 1. The first-order valence-corrected chi connectivity index (χ1v) is 10.1. The van der Waals surface area contributed by atoms with Crippen molar-refractivity contribution in [2.75, 3.05) is 25.6 Å². The van der Waals surface area contributed by atoms with Gasteiger partial charge in [-0.15, -0.1) is 11.3 Å². The number of carbonyl (C=O) groups is 1. The number of nitrogens with one attached hydrogen (secondary N) is 1. The third-order valence-electron chi connectivity index (χ3n) is 3.77. The van der Waals surface area contributed by atoms with Gasteiger partial charge < -0.3 is 14.8 Å². The molecule has 3 aromatic rings. The van der Waals surface area contributed by atoms with Crippen molar-refractivity contribution in [2.24, 2.45) is 0 Å². The molecule has 0 aliphatic heterocycles. The van der Waals surface area contributed by atoms with Crippen molar-refractivity contribution in [1.82, 2.24) is 4.98 Å². The first kappa shape index (κ1) is 20.6. The molecule has 1 amide bonds. The van der Waals surface area contributed by atoms with E-state index in [1.807, 2.05) is 29.6 Å². The maximum atomic E-state index is 12.5. The van der Waals surface area contributed by atoms with Crippen molar-refractivity contribution in [2.45, 2.75) is 6.42 Å². The highest BCUT2D eigenvalue weighted by Gasteiger charge is 2.14. The third kappa shape index (κ3) is 5.23. The van der Waals surface area contributed by atoms with Crippen molar-refractivity contribution < 1.29 is 14.3 Å². The molecular formula is C20H18Cl2N2O3S. The molecule has 1 aromatic heterocycles. The van der Waals surface area contributed by atoms with Crippen molar-refractivity contribution in [1.29, 1.82) is 0 Å². The Morgan fingerprint density at radius 2 is 1.89 bits per heavy atom. The van der Waals surface area contributed by atoms with E-state index in [0.29, 0.717) is 40.4 Å². The smallest absolute Gasteiger partial charge is 0.230 e. The van der Waals surface area contributed by atoms with Crippen molar-refractivity contribution in [3.63, 3.8) is 0 Å². The molecule has 0 unspecified atom stereocenters. The fourth-order valence-corrected chi connectivity index (χ4v) is 3.86. The lowest BCUT2D eigenvalue weighted by Gasteiger charge is -2.13. The number of para-hydroxylation sites is 1. The van der Waals surface area contributed by atoms with Crippen LogP contribution in [0.1, 0.15) is 5.69 Å². The normalized spacial score (nSPS) is 10.7. The molecule has 1 heterocycles. The van der Waals surface area contributed by atoms with Gasteiger partial charge in [0.05, 0.1) is 34.5 Å². The summed E-state index contributed by atoms with van der Waals surface area (Å²) in [5.74, 6) is 0.208. The second kappa shape index (κ2) is 9.89. The van der Waals surface area contributed by atoms with Gasteiger partial charge in [-0.3, -0.25) is 4.79 Å². The highest BCUT2D eigenvalue weighted by atomic mass is 35.5. The van der Waals surface area contributed by atoms with Crippen molar-refractivity contribution in [3.8, 4) is 16.3 Å². The minimum absolute atomic E-state index is 0.130. The molecule has 0 aliphatic carbocycles. The first-order chi connectivity index (χ1) is 13.6. The zero-order valence-electron chi connectivity index (χ0n) is 15.1. The zero-order chi connectivity index (χ0) is 19.9. The van der Waals surface area contributed by atoms with E-state index in [2.05, 4.69) is 10.3 Å². The van der Waals surface area contributed by atoms with Gasteiger partial charge >= 0.3 is 0 Å². The number of benzene rings is 2. The van der Waals surface area contributed by atoms with E-state index in [1.165, 1.54) is 11.3 Å². The number of halogens is 2. The second-order valence-corrected chi connectivity index (χ2v) is 7.48. The van der Waals surface area contributed by atoms with Crippen LogP contribution in [0.25, 0.3) is 10.6 Å². The van der Waals surface area contributed by atoms with Crippen LogP contribution < -0.4 is 10.1 Å². The molecule has 1 N–H and O–H groups in total. The Hall–Kier alpha value is -2.12. The Kier molecular flexibility index (Phi) is 7.28. The van der Waals surface area contributed by atoms with E-state index in [1.54, 1.807) is 25.3 Å². The molecule has 146 valence electrons. The molecule has 0 radical (unpaired) electrons. The fraction of sp³-hybridized carbons (Fsp3) is 0.200. The molecule has 0 bridgehead atoms. The van der Waals surface area contributed by atoms with Gasteiger partial charge in [-0.25, -0.2) is 4.98 Å². The number of rotatable bonds is 8. The zero-order valence-corrected chi connectivity index (χ0v) is 17.4. The van der Waals surface area contributed by atoms with Crippen LogP contribution in [-0.4, -0.2) is 31.2 Å². The highest BCUT2D eigenvalue weighted by molar-refractivity contribution is 7.13. The number of aromatic nitrogens is 1. The highest BCUT2D eigenvalue weighted by Crippen LogP contribution is 2.33. The number of hydrogen-bond donors (Lipinski definition) is 1. The Morgan fingerprint density at radius 3 is 2.68 bits per heavy atom. The number of hydrogen-bond acceptors (Lipinski definition) is 5. The third-order valence-corrected chi connectivity index (χ3v) is 5.32. The van der Waals surface area contributed by atoms with E-state index in [4.69, 9.17) is 32.7 Å². The molecule has 0 aliphatic rings. The maximum absolute atomic E-state index is 12.5. The molecular weight excluding hydrogens is 419 g/mol. The summed E-state index contributed by atoms with van der Waals surface area (Å²) in [6.45, 7) is 0.749. The summed E-state index contributed by atoms with van der Waals surface area (Å²) < 4.78 is 10.6. The molecule has 0 atom stereocenters. The lowest BCUT2D eigenvalue weighted by Crippen LogP contribution is -2.16. The van der Waals surface area contributed by atoms with E-state index in [-0.39, 0.29) is 12.3 Å². The quantitative estimate of drug-likeness (QED) is 0.485. The van der Waals surface area contributed by atoms with Gasteiger partial charge in [-0.05, 0) is 18.2 Å². The summed E-state index contributed by atoms with van der Waals surface area (Å²) in [6.07, 6.45) is 0.130. The molecule has 3 rings (SSSR count). The minimum atomic E-state index is -0.213. The SMILES string of the molecule is COCCOc1c(Cl)cccc1NC(=O)Cc1csc(-c2ccccc2Cl)n1. The van der Waals surface area contributed by atoms with Gasteiger partial charge in [-0.2, -0.15) is 0 Å². The van der Waals surface area contributed by atoms with Crippen LogP contribution in [0.15, 0.2) is 47.8 Å². The maximum Gasteiger partial charge on any atom is 0.230 e. The van der Waals surface area contributed by atoms with Gasteiger partial charge in [0.15, 0.2) is 5.75 Å². The van der Waals surface area contributed by atoms with E-state index in [9.17, 15) is 4.79 Å². The first-order valence-electron chi connectivity index (χ1n) is 8.48. The number of thiazole rings is 1. The fourth-order valence-electron chi connectivity index (χ4n) is 2.49. The van der Waals surface area contributed by atoms with Crippen LogP contribution in [0.4, 0.5) is 5.69 Å². The van der Waals surface area contributed by atoms with Gasteiger partial charge in [-0.1, -0.05) is 47.5 Å². The average molecular weight is 437 g/mol. The van der Waals surface area contributed by atoms with Gasteiger partial charge in [0, 0.05) is 18.1 Å². The van der Waals surface area contributed by atoms with Crippen molar-refractivity contribution >= 4 is 46.1 Å². The van der Waals surface area contributed by atoms with Crippen LogP contribution in [0.3, 0.4) is 0 Å². The molecule has 0 fully saturated rings. The summed E-state index contributed by atoms with van der Waals surface area (Å²) in [5.41, 5.74) is 2.03. The summed E-state index contributed by atoms with van der Waals surface area (Å²) in [7, 11) is 1.59. The molecule has 0 spiro atoms. The lowest BCUT2D eigenvalue weighted by atomic mass is 10.2. The number of nitrogens with zero attached hydrogens (tertiary/aromatic N) is 1. The average Bonchev–Trinajstić information content (AvgIpc) is 3.12.